The zero-order chi connectivity index (χ0) is 18.9. The highest BCUT2D eigenvalue weighted by molar-refractivity contribution is 6.24. The van der Waals surface area contributed by atoms with Gasteiger partial charge >= 0.3 is 0 Å². The maximum absolute atomic E-state index is 13.1. The Morgan fingerprint density at radius 2 is 1.93 bits per heavy atom. The van der Waals surface area contributed by atoms with Gasteiger partial charge in [0.2, 0.25) is 11.8 Å². The topological polar surface area (TPSA) is 113 Å². The molecular weight excluding hydrogens is 348 g/mol. The predicted octanol–water partition coefficient (Wildman–Crippen LogP) is -0.237. The SMILES string of the molecule is NC12CC(C1)N(Cc1cccc3c1C(=O)N(C1CCC(=O)NC1=O)C3=O)C2. The van der Waals surface area contributed by atoms with Crippen molar-refractivity contribution >= 4 is 23.6 Å². The number of nitrogens with two attached hydrogens (primary N) is 1. The Labute approximate surface area is 155 Å². The van der Waals surface area contributed by atoms with Crippen molar-refractivity contribution in [2.24, 2.45) is 5.73 Å². The van der Waals surface area contributed by atoms with Crippen molar-refractivity contribution in [1.82, 2.24) is 15.1 Å². The van der Waals surface area contributed by atoms with Crippen LogP contribution in [0.2, 0.25) is 0 Å². The van der Waals surface area contributed by atoms with Gasteiger partial charge in [0, 0.05) is 31.1 Å². The minimum Gasteiger partial charge on any atom is -0.324 e. The number of fused-ring (bicyclic) bond motifs is 2. The highest BCUT2D eigenvalue weighted by Crippen LogP contribution is 2.43. The van der Waals surface area contributed by atoms with Crippen molar-refractivity contribution in [2.75, 3.05) is 6.54 Å². The van der Waals surface area contributed by atoms with E-state index in [-0.39, 0.29) is 24.3 Å². The highest BCUT2D eigenvalue weighted by atomic mass is 16.2. The summed E-state index contributed by atoms with van der Waals surface area (Å²) in [6.07, 6.45) is 2.22. The number of benzene rings is 1. The third-order valence-electron chi connectivity index (χ3n) is 6.25. The smallest absolute Gasteiger partial charge is 0.262 e. The summed E-state index contributed by atoms with van der Waals surface area (Å²) in [5.41, 5.74) is 7.64. The molecule has 3 saturated heterocycles. The number of nitrogens with one attached hydrogen (secondary N) is 1. The Balaban J connectivity index is 1.44. The molecule has 27 heavy (non-hydrogen) atoms. The van der Waals surface area contributed by atoms with Crippen molar-refractivity contribution < 1.29 is 19.2 Å². The first-order chi connectivity index (χ1) is 12.9. The number of carbonyl (C=O) groups excluding carboxylic acids is 4. The number of carbonyl (C=O) groups is 4. The standard InChI is InChI=1S/C19H20N4O4/c20-19-6-11(7-19)22(9-19)8-10-2-1-3-12-15(10)18(27)23(17(12)26)13-4-5-14(24)21-16(13)25/h1-3,11,13H,4-9,20H2,(H,21,24,25). The molecule has 1 saturated carbocycles. The zero-order valence-corrected chi connectivity index (χ0v) is 14.7. The lowest BCUT2D eigenvalue weighted by molar-refractivity contribution is -0.136. The van der Waals surface area contributed by atoms with E-state index in [2.05, 4.69) is 10.2 Å². The molecule has 0 spiro atoms. The number of nitrogens with zero attached hydrogens (tertiary/aromatic N) is 2. The van der Waals surface area contributed by atoms with Crippen LogP contribution < -0.4 is 11.1 Å². The van der Waals surface area contributed by atoms with E-state index in [1.165, 1.54) is 0 Å². The molecule has 8 heteroatoms. The fraction of sp³-hybridized carbons (Fsp3) is 0.474. The Hall–Kier alpha value is -2.58. The van der Waals surface area contributed by atoms with Crippen LogP contribution in [0.3, 0.4) is 0 Å². The summed E-state index contributed by atoms with van der Waals surface area (Å²) in [5.74, 6) is -1.88. The van der Waals surface area contributed by atoms with Crippen molar-refractivity contribution in [3.05, 3.63) is 34.9 Å². The number of amides is 4. The van der Waals surface area contributed by atoms with Gasteiger partial charge in [-0.1, -0.05) is 12.1 Å². The van der Waals surface area contributed by atoms with Crippen molar-refractivity contribution in [1.29, 1.82) is 0 Å². The van der Waals surface area contributed by atoms with Gasteiger partial charge in [-0.3, -0.25) is 34.3 Å². The summed E-state index contributed by atoms with van der Waals surface area (Å²) in [4.78, 5) is 52.8. The molecule has 2 bridgehead atoms. The third-order valence-corrected chi connectivity index (χ3v) is 6.25. The van der Waals surface area contributed by atoms with E-state index in [0.29, 0.717) is 23.7 Å². The minimum absolute atomic E-state index is 0.110. The maximum atomic E-state index is 13.1. The normalized spacial score (nSPS) is 32.6. The summed E-state index contributed by atoms with van der Waals surface area (Å²) in [6, 6.07) is 4.75. The van der Waals surface area contributed by atoms with Crippen molar-refractivity contribution in [3.63, 3.8) is 0 Å². The van der Waals surface area contributed by atoms with E-state index in [0.717, 1.165) is 29.8 Å². The molecule has 8 nitrogen and oxygen atoms in total. The van der Waals surface area contributed by atoms with Crippen LogP contribution in [-0.2, 0) is 16.1 Å². The van der Waals surface area contributed by atoms with Gasteiger partial charge in [0.1, 0.15) is 6.04 Å². The lowest BCUT2D eigenvalue weighted by atomic mass is 9.79. The van der Waals surface area contributed by atoms with Crippen LogP contribution in [0.15, 0.2) is 18.2 Å². The first kappa shape index (κ1) is 16.6. The number of hydrogen-bond acceptors (Lipinski definition) is 6. The van der Waals surface area contributed by atoms with Gasteiger partial charge in [-0.25, -0.2) is 0 Å². The molecule has 4 heterocycles. The molecule has 140 valence electrons. The molecule has 1 unspecified atom stereocenters. The zero-order valence-electron chi connectivity index (χ0n) is 14.7. The lowest BCUT2D eigenvalue weighted by Crippen LogP contribution is -2.54. The van der Waals surface area contributed by atoms with Crippen LogP contribution in [0.4, 0.5) is 0 Å². The molecule has 4 amide bonds. The van der Waals surface area contributed by atoms with E-state index >= 15 is 0 Å². The Morgan fingerprint density at radius 1 is 1.15 bits per heavy atom. The average Bonchev–Trinajstić information content (AvgIpc) is 3.16. The molecule has 1 aromatic carbocycles. The molecule has 1 atom stereocenters. The molecule has 4 aliphatic heterocycles. The van der Waals surface area contributed by atoms with E-state index in [1.54, 1.807) is 12.1 Å². The molecule has 6 rings (SSSR count). The van der Waals surface area contributed by atoms with E-state index in [4.69, 9.17) is 5.73 Å². The Bertz CT molecular complexity index is 905. The van der Waals surface area contributed by atoms with Crippen LogP contribution in [-0.4, -0.2) is 57.6 Å². The fourth-order valence-electron chi connectivity index (χ4n) is 4.92. The third kappa shape index (κ3) is 2.36. The Kier molecular flexibility index (Phi) is 3.36. The molecular formula is C19H20N4O4. The van der Waals surface area contributed by atoms with Crippen LogP contribution in [0.25, 0.3) is 0 Å². The minimum atomic E-state index is -0.935. The van der Waals surface area contributed by atoms with E-state index in [9.17, 15) is 19.2 Å². The van der Waals surface area contributed by atoms with Crippen LogP contribution in [0.5, 0.6) is 0 Å². The summed E-state index contributed by atoms with van der Waals surface area (Å²) in [6.45, 7) is 1.36. The lowest BCUT2D eigenvalue weighted by Gasteiger charge is -2.33. The van der Waals surface area contributed by atoms with Crippen LogP contribution in [0, 0.1) is 0 Å². The predicted molar refractivity (Wildman–Crippen MR) is 93.5 cm³/mol. The highest BCUT2D eigenvalue weighted by Gasteiger charge is 2.53. The van der Waals surface area contributed by atoms with Gasteiger partial charge in [0.25, 0.3) is 11.8 Å². The molecule has 4 fully saturated rings. The summed E-state index contributed by atoms with van der Waals surface area (Å²) >= 11 is 0. The van der Waals surface area contributed by atoms with Gasteiger partial charge < -0.3 is 5.73 Å². The summed E-state index contributed by atoms with van der Waals surface area (Å²) in [5, 5.41) is 2.22. The van der Waals surface area contributed by atoms with Gasteiger partial charge in [-0.2, -0.15) is 0 Å². The van der Waals surface area contributed by atoms with Gasteiger partial charge in [-0.15, -0.1) is 0 Å². The molecule has 0 radical (unpaired) electrons. The van der Waals surface area contributed by atoms with Crippen molar-refractivity contribution in [3.8, 4) is 0 Å². The van der Waals surface area contributed by atoms with E-state index < -0.39 is 23.8 Å². The van der Waals surface area contributed by atoms with Crippen LogP contribution >= 0.6 is 0 Å². The summed E-state index contributed by atoms with van der Waals surface area (Å²) in [7, 11) is 0. The number of piperidine rings is 1. The molecule has 5 aliphatic rings. The van der Waals surface area contributed by atoms with E-state index in [1.807, 2.05) is 6.07 Å². The second kappa shape index (κ2) is 5.46. The second-order valence-electron chi connectivity index (χ2n) is 8.12. The quantitative estimate of drug-likeness (QED) is 0.712. The average molecular weight is 368 g/mol. The second-order valence-corrected chi connectivity index (χ2v) is 8.12. The maximum Gasteiger partial charge on any atom is 0.262 e. The van der Waals surface area contributed by atoms with Gasteiger partial charge in [-0.05, 0) is 30.9 Å². The number of rotatable bonds is 3. The van der Waals surface area contributed by atoms with Gasteiger partial charge in [0.15, 0.2) is 0 Å². The van der Waals surface area contributed by atoms with Crippen LogP contribution in [0.1, 0.15) is 52.0 Å². The molecule has 1 aliphatic carbocycles. The van der Waals surface area contributed by atoms with Gasteiger partial charge in [0.05, 0.1) is 11.1 Å². The largest absolute Gasteiger partial charge is 0.324 e. The first-order valence-corrected chi connectivity index (χ1v) is 9.23. The monoisotopic (exact) mass is 368 g/mol. The fourth-order valence-corrected chi connectivity index (χ4v) is 4.92. The number of hydrogen-bond donors (Lipinski definition) is 2. The Morgan fingerprint density at radius 3 is 2.59 bits per heavy atom. The first-order valence-electron chi connectivity index (χ1n) is 9.23. The number of imide groups is 2. The molecule has 1 aromatic rings. The van der Waals surface area contributed by atoms with Crippen molar-refractivity contribution in [2.45, 2.75) is 49.9 Å². The molecule has 0 aromatic heterocycles. The molecule has 3 N–H and O–H groups in total. The summed E-state index contributed by atoms with van der Waals surface area (Å²) < 4.78 is 0.